The molecule has 0 radical (unpaired) electrons. The quantitative estimate of drug-likeness (QED) is 0.734. The number of hydrogen-bond acceptors (Lipinski definition) is 5. The molecule has 3 rings (SSSR count). The van der Waals surface area contributed by atoms with Crippen LogP contribution in [0.2, 0.25) is 0 Å². The second-order valence-electron chi connectivity index (χ2n) is 4.45. The molecule has 20 heavy (non-hydrogen) atoms. The number of rotatable bonds is 4. The summed E-state index contributed by atoms with van der Waals surface area (Å²) in [6.07, 6.45) is 4.86. The molecule has 100 valence electrons. The van der Waals surface area contributed by atoms with Crippen molar-refractivity contribution in [2.24, 2.45) is 0 Å². The molecule has 2 aromatic heterocycles. The third-order valence-electron chi connectivity index (χ3n) is 3.07. The van der Waals surface area contributed by atoms with E-state index in [-0.39, 0.29) is 0 Å². The lowest BCUT2D eigenvalue weighted by Gasteiger charge is -2.02. The molecule has 0 bridgehead atoms. The van der Waals surface area contributed by atoms with Crippen LogP contribution in [0.4, 0.5) is 5.69 Å². The number of nitrogen functional groups attached to an aromatic ring is 1. The smallest absolute Gasteiger partial charge is 0.227 e. The molecule has 0 aliphatic rings. The van der Waals surface area contributed by atoms with Crippen molar-refractivity contribution in [3.8, 4) is 11.4 Å². The van der Waals surface area contributed by atoms with E-state index in [9.17, 15) is 0 Å². The summed E-state index contributed by atoms with van der Waals surface area (Å²) in [7, 11) is 0. The zero-order valence-electron chi connectivity index (χ0n) is 10.9. The molecule has 0 saturated carbocycles. The molecule has 5 nitrogen and oxygen atoms in total. The topological polar surface area (TPSA) is 77.8 Å². The van der Waals surface area contributed by atoms with Crippen LogP contribution in [0.1, 0.15) is 11.5 Å². The average Bonchev–Trinajstić information content (AvgIpc) is 2.96. The van der Waals surface area contributed by atoms with Crippen molar-refractivity contribution >= 4 is 5.69 Å². The fraction of sp³-hybridized carbons (Fsp3) is 0.133. The molecule has 0 spiro atoms. The normalized spacial score (nSPS) is 10.6. The molecule has 1 aromatic carbocycles. The first-order valence-corrected chi connectivity index (χ1v) is 6.39. The Balaban J connectivity index is 1.71. The number of nitrogens with two attached hydrogens (primary N) is 1. The largest absolute Gasteiger partial charge is 0.399 e. The van der Waals surface area contributed by atoms with Gasteiger partial charge in [0, 0.05) is 30.1 Å². The van der Waals surface area contributed by atoms with Gasteiger partial charge in [0.25, 0.3) is 0 Å². The van der Waals surface area contributed by atoms with Gasteiger partial charge in [-0.05, 0) is 30.2 Å². The zero-order chi connectivity index (χ0) is 13.8. The summed E-state index contributed by atoms with van der Waals surface area (Å²) in [6.45, 7) is 0. The number of benzene rings is 1. The summed E-state index contributed by atoms with van der Waals surface area (Å²) in [5.41, 5.74) is 8.69. The van der Waals surface area contributed by atoms with Gasteiger partial charge in [-0.1, -0.05) is 23.4 Å². The highest BCUT2D eigenvalue weighted by atomic mass is 16.5. The predicted octanol–water partition coefficient (Wildman–Crippen LogP) is 2.50. The van der Waals surface area contributed by atoms with E-state index in [0.717, 1.165) is 23.2 Å². The summed E-state index contributed by atoms with van der Waals surface area (Å²) >= 11 is 0. The van der Waals surface area contributed by atoms with Gasteiger partial charge < -0.3 is 10.3 Å². The third-order valence-corrected chi connectivity index (χ3v) is 3.07. The third kappa shape index (κ3) is 2.66. The fourth-order valence-corrected chi connectivity index (χ4v) is 1.98. The molecule has 0 unspecified atom stereocenters. The number of aromatic nitrogens is 3. The minimum atomic E-state index is 0.587. The maximum absolute atomic E-state index is 5.91. The second kappa shape index (κ2) is 5.52. The minimum absolute atomic E-state index is 0.587. The van der Waals surface area contributed by atoms with Crippen molar-refractivity contribution < 1.29 is 4.52 Å². The Morgan fingerprint density at radius 2 is 1.80 bits per heavy atom. The lowest BCUT2D eigenvalue weighted by atomic mass is 10.1. The number of anilines is 1. The molecule has 0 amide bonds. The molecule has 2 N–H and O–H groups in total. The van der Waals surface area contributed by atoms with Crippen molar-refractivity contribution in [1.29, 1.82) is 0 Å². The number of nitrogens with zero attached hydrogens (tertiary/aromatic N) is 3. The van der Waals surface area contributed by atoms with Crippen molar-refractivity contribution in [3.63, 3.8) is 0 Å². The van der Waals surface area contributed by atoms with Gasteiger partial charge in [-0.2, -0.15) is 4.98 Å². The highest BCUT2D eigenvalue weighted by molar-refractivity contribution is 5.52. The van der Waals surface area contributed by atoms with Crippen LogP contribution in [0.3, 0.4) is 0 Å². The van der Waals surface area contributed by atoms with Gasteiger partial charge in [-0.25, -0.2) is 0 Å². The monoisotopic (exact) mass is 266 g/mol. The van der Waals surface area contributed by atoms with Gasteiger partial charge in [-0.3, -0.25) is 4.98 Å². The molecule has 3 aromatic rings. The maximum atomic E-state index is 5.91. The van der Waals surface area contributed by atoms with Crippen molar-refractivity contribution in [2.75, 3.05) is 5.73 Å². The first kappa shape index (κ1) is 12.3. The SMILES string of the molecule is Nc1ccccc1CCc1nc(-c2ccncc2)no1. The van der Waals surface area contributed by atoms with Crippen molar-refractivity contribution in [1.82, 2.24) is 15.1 Å². The number of aryl methyl sites for hydroxylation is 2. The summed E-state index contributed by atoms with van der Waals surface area (Å²) < 4.78 is 5.26. The van der Waals surface area contributed by atoms with Crippen LogP contribution in [0.25, 0.3) is 11.4 Å². The molecule has 0 saturated heterocycles. The summed E-state index contributed by atoms with van der Waals surface area (Å²) in [6, 6.07) is 11.5. The maximum Gasteiger partial charge on any atom is 0.227 e. The molecule has 0 atom stereocenters. The minimum Gasteiger partial charge on any atom is -0.399 e. The Morgan fingerprint density at radius 1 is 1.00 bits per heavy atom. The van der Waals surface area contributed by atoms with Crippen LogP contribution in [0.5, 0.6) is 0 Å². The van der Waals surface area contributed by atoms with Crippen LogP contribution >= 0.6 is 0 Å². The molecular formula is C15H14N4O. The molecular weight excluding hydrogens is 252 g/mol. The summed E-state index contributed by atoms with van der Waals surface area (Å²) in [5.74, 6) is 1.20. The number of hydrogen-bond donors (Lipinski definition) is 1. The van der Waals surface area contributed by atoms with Gasteiger partial charge in [0.15, 0.2) is 0 Å². The Labute approximate surface area is 116 Å². The van der Waals surface area contributed by atoms with Crippen LogP contribution in [-0.4, -0.2) is 15.1 Å². The summed E-state index contributed by atoms with van der Waals surface area (Å²) in [4.78, 5) is 8.34. The Hall–Kier alpha value is -2.69. The average molecular weight is 266 g/mol. The predicted molar refractivity (Wildman–Crippen MR) is 75.8 cm³/mol. The first-order valence-electron chi connectivity index (χ1n) is 6.39. The van der Waals surface area contributed by atoms with E-state index >= 15 is 0 Å². The number of pyridine rings is 1. The summed E-state index contributed by atoms with van der Waals surface area (Å²) in [5, 5.41) is 3.98. The van der Waals surface area contributed by atoms with Crippen molar-refractivity contribution in [3.05, 3.63) is 60.2 Å². The van der Waals surface area contributed by atoms with E-state index in [2.05, 4.69) is 15.1 Å². The molecule has 0 aliphatic carbocycles. The highest BCUT2D eigenvalue weighted by Gasteiger charge is 2.09. The van der Waals surface area contributed by atoms with Gasteiger partial charge in [0.1, 0.15) is 0 Å². The highest BCUT2D eigenvalue weighted by Crippen LogP contribution is 2.16. The lowest BCUT2D eigenvalue weighted by Crippen LogP contribution is -1.97. The molecule has 5 heteroatoms. The van der Waals surface area contributed by atoms with Crippen molar-refractivity contribution in [2.45, 2.75) is 12.8 Å². The van der Waals surface area contributed by atoms with Gasteiger partial charge in [-0.15, -0.1) is 0 Å². The Bertz CT molecular complexity index is 694. The van der Waals surface area contributed by atoms with E-state index in [1.54, 1.807) is 12.4 Å². The van der Waals surface area contributed by atoms with Gasteiger partial charge in [0.2, 0.25) is 11.7 Å². The van der Waals surface area contributed by atoms with E-state index in [1.807, 2.05) is 36.4 Å². The standard InChI is InChI=1S/C15H14N4O/c16-13-4-2-1-3-11(13)5-6-14-18-15(19-20-14)12-7-9-17-10-8-12/h1-4,7-10H,5-6,16H2. The molecule has 0 aliphatic heterocycles. The van der Waals surface area contributed by atoms with E-state index < -0.39 is 0 Å². The molecule has 2 heterocycles. The fourth-order valence-electron chi connectivity index (χ4n) is 1.98. The second-order valence-corrected chi connectivity index (χ2v) is 4.45. The van der Waals surface area contributed by atoms with Crippen LogP contribution < -0.4 is 5.73 Å². The lowest BCUT2D eigenvalue weighted by molar-refractivity contribution is 0.379. The van der Waals surface area contributed by atoms with E-state index in [4.69, 9.17) is 10.3 Å². The zero-order valence-corrected chi connectivity index (χ0v) is 10.9. The molecule has 0 fully saturated rings. The van der Waals surface area contributed by atoms with Gasteiger partial charge in [0.05, 0.1) is 0 Å². The number of para-hydroxylation sites is 1. The van der Waals surface area contributed by atoms with E-state index in [1.165, 1.54) is 0 Å². The van der Waals surface area contributed by atoms with Crippen LogP contribution in [0.15, 0.2) is 53.3 Å². The van der Waals surface area contributed by atoms with Crippen LogP contribution in [-0.2, 0) is 12.8 Å². The first-order chi connectivity index (χ1) is 9.83. The van der Waals surface area contributed by atoms with Crippen LogP contribution in [0, 0.1) is 0 Å². The Kier molecular flexibility index (Phi) is 3.41. The Morgan fingerprint density at radius 3 is 2.60 bits per heavy atom. The van der Waals surface area contributed by atoms with E-state index in [0.29, 0.717) is 18.1 Å². The van der Waals surface area contributed by atoms with Gasteiger partial charge >= 0.3 is 0 Å².